The molecule has 1 aliphatic rings. The SMILES string of the molecule is Cc1cc(C)c2nc(N3CC(CBr)CC3=O)sc2c1. The van der Waals surface area contributed by atoms with Gasteiger partial charge in [-0.2, -0.15) is 0 Å². The van der Waals surface area contributed by atoms with Gasteiger partial charge in [-0.05, 0) is 37.0 Å². The van der Waals surface area contributed by atoms with Gasteiger partial charge in [0.25, 0.3) is 0 Å². The molecule has 1 amide bonds. The second kappa shape index (κ2) is 4.87. The van der Waals surface area contributed by atoms with Crippen LogP contribution in [0.15, 0.2) is 12.1 Å². The third-order valence-corrected chi connectivity index (χ3v) is 5.41. The Morgan fingerprint density at radius 2 is 2.26 bits per heavy atom. The van der Waals surface area contributed by atoms with E-state index in [0.717, 1.165) is 22.5 Å². The predicted molar refractivity (Wildman–Crippen MR) is 83.3 cm³/mol. The lowest BCUT2D eigenvalue weighted by atomic mass is 10.1. The standard InChI is InChI=1S/C14H15BrN2OS/c1-8-3-9(2)13-11(4-8)19-14(16-13)17-7-10(6-15)5-12(17)18/h3-4,10H,5-7H2,1-2H3. The molecule has 1 aromatic heterocycles. The molecule has 0 aliphatic carbocycles. The van der Waals surface area contributed by atoms with E-state index in [1.165, 1.54) is 15.8 Å². The molecule has 0 radical (unpaired) electrons. The largest absolute Gasteiger partial charge is 0.288 e. The van der Waals surface area contributed by atoms with Gasteiger partial charge in [0.05, 0.1) is 10.2 Å². The molecule has 0 saturated carbocycles. The Kier molecular flexibility index (Phi) is 3.35. The van der Waals surface area contributed by atoms with Crippen LogP contribution in [-0.4, -0.2) is 22.8 Å². The van der Waals surface area contributed by atoms with E-state index in [2.05, 4.69) is 46.9 Å². The van der Waals surface area contributed by atoms with Gasteiger partial charge in [0, 0.05) is 18.3 Å². The Balaban J connectivity index is 2.02. The third kappa shape index (κ3) is 2.30. The van der Waals surface area contributed by atoms with Gasteiger partial charge >= 0.3 is 0 Å². The fraction of sp³-hybridized carbons (Fsp3) is 0.429. The van der Waals surface area contributed by atoms with Crippen molar-refractivity contribution in [1.82, 2.24) is 4.98 Å². The number of carbonyl (C=O) groups is 1. The number of thiazole rings is 1. The number of aromatic nitrogens is 1. The molecule has 3 nitrogen and oxygen atoms in total. The highest BCUT2D eigenvalue weighted by molar-refractivity contribution is 9.09. The summed E-state index contributed by atoms with van der Waals surface area (Å²) in [6.45, 7) is 4.95. The van der Waals surface area contributed by atoms with Crippen LogP contribution >= 0.6 is 27.3 Å². The number of nitrogens with zero attached hydrogens (tertiary/aromatic N) is 2. The van der Waals surface area contributed by atoms with E-state index < -0.39 is 0 Å². The molecule has 1 aromatic carbocycles. The first-order valence-corrected chi connectivity index (χ1v) is 8.26. The topological polar surface area (TPSA) is 33.2 Å². The number of aryl methyl sites for hydroxylation is 2. The number of anilines is 1. The van der Waals surface area contributed by atoms with E-state index in [-0.39, 0.29) is 5.91 Å². The second-order valence-corrected chi connectivity index (χ2v) is 6.81. The van der Waals surface area contributed by atoms with E-state index in [0.29, 0.717) is 12.3 Å². The number of rotatable bonds is 2. The minimum absolute atomic E-state index is 0.192. The monoisotopic (exact) mass is 338 g/mol. The molecule has 1 atom stereocenters. The van der Waals surface area contributed by atoms with Gasteiger partial charge in [-0.1, -0.05) is 33.3 Å². The molecule has 1 fully saturated rings. The van der Waals surface area contributed by atoms with Crippen LogP contribution in [0.5, 0.6) is 0 Å². The van der Waals surface area contributed by atoms with E-state index in [4.69, 9.17) is 0 Å². The van der Waals surface area contributed by atoms with Crippen LogP contribution in [0.25, 0.3) is 10.2 Å². The van der Waals surface area contributed by atoms with E-state index >= 15 is 0 Å². The molecule has 2 heterocycles. The maximum Gasteiger partial charge on any atom is 0.229 e. The maximum absolute atomic E-state index is 12.0. The van der Waals surface area contributed by atoms with Crippen molar-refractivity contribution < 1.29 is 4.79 Å². The van der Waals surface area contributed by atoms with Gasteiger partial charge in [-0.15, -0.1) is 0 Å². The number of hydrogen-bond acceptors (Lipinski definition) is 3. The molecule has 1 unspecified atom stereocenters. The average Bonchev–Trinajstić information content (AvgIpc) is 2.92. The van der Waals surface area contributed by atoms with Crippen molar-refractivity contribution in [2.45, 2.75) is 20.3 Å². The molecular formula is C14H15BrN2OS. The van der Waals surface area contributed by atoms with Gasteiger partial charge in [0.2, 0.25) is 5.91 Å². The zero-order valence-electron chi connectivity index (χ0n) is 10.9. The molecule has 0 N–H and O–H groups in total. The lowest BCUT2D eigenvalue weighted by molar-refractivity contribution is -0.117. The lowest BCUT2D eigenvalue weighted by Gasteiger charge is -2.11. The Labute approximate surface area is 124 Å². The predicted octanol–water partition coefficient (Wildman–Crippen LogP) is 3.66. The number of carbonyl (C=O) groups excluding carboxylic acids is 1. The first-order valence-electron chi connectivity index (χ1n) is 6.32. The van der Waals surface area contributed by atoms with Gasteiger partial charge < -0.3 is 0 Å². The van der Waals surface area contributed by atoms with Crippen molar-refractivity contribution in [3.63, 3.8) is 0 Å². The summed E-state index contributed by atoms with van der Waals surface area (Å²) < 4.78 is 1.17. The van der Waals surface area contributed by atoms with Crippen molar-refractivity contribution in [2.75, 3.05) is 16.8 Å². The lowest BCUT2D eigenvalue weighted by Crippen LogP contribution is -2.24. The van der Waals surface area contributed by atoms with Crippen LogP contribution in [0.4, 0.5) is 5.13 Å². The first kappa shape index (κ1) is 13.1. The number of benzene rings is 1. The van der Waals surface area contributed by atoms with Crippen LogP contribution in [0.3, 0.4) is 0 Å². The summed E-state index contributed by atoms with van der Waals surface area (Å²) in [7, 11) is 0. The molecule has 0 spiro atoms. The van der Waals surface area contributed by atoms with E-state index in [9.17, 15) is 4.79 Å². The normalized spacial score (nSPS) is 19.6. The third-order valence-electron chi connectivity index (χ3n) is 3.47. The highest BCUT2D eigenvalue weighted by Crippen LogP contribution is 2.34. The molecule has 1 saturated heterocycles. The van der Waals surface area contributed by atoms with Crippen molar-refractivity contribution in [3.8, 4) is 0 Å². The molecule has 1 aliphatic heterocycles. The Morgan fingerprint density at radius 3 is 2.95 bits per heavy atom. The highest BCUT2D eigenvalue weighted by Gasteiger charge is 2.31. The minimum Gasteiger partial charge on any atom is -0.288 e. The number of alkyl halides is 1. The zero-order valence-corrected chi connectivity index (χ0v) is 13.3. The molecule has 0 bridgehead atoms. The second-order valence-electron chi connectivity index (χ2n) is 5.15. The molecular weight excluding hydrogens is 324 g/mol. The summed E-state index contributed by atoms with van der Waals surface area (Å²) >= 11 is 5.08. The van der Waals surface area contributed by atoms with Crippen molar-refractivity contribution in [2.24, 2.45) is 5.92 Å². The summed E-state index contributed by atoms with van der Waals surface area (Å²) in [5.74, 6) is 0.597. The van der Waals surface area contributed by atoms with Crippen LogP contribution in [0.2, 0.25) is 0 Å². The molecule has 19 heavy (non-hydrogen) atoms. The summed E-state index contributed by atoms with van der Waals surface area (Å²) in [5, 5.41) is 1.72. The van der Waals surface area contributed by atoms with Gasteiger partial charge in [0.15, 0.2) is 5.13 Å². The van der Waals surface area contributed by atoms with Crippen LogP contribution in [0, 0.1) is 19.8 Å². The summed E-state index contributed by atoms with van der Waals surface area (Å²) in [6, 6.07) is 4.28. The minimum atomic E-state index is 0.192. The smallest absolute Gasteiger partial charge is 0.229 e. The Morgan fingerprint density at radius 1 is 1.47 bits per heavy atom. The highest BCUT2D eigenvalue weighted by atomic mass is 79.9. The van der Waals surface area contributed by atoms with Crippen molar-refractivity contribution >= 4 is 48.5 Å². The van der Waals surface area contributed by atoms with Gasteiger partial charge in [-0.25, -0.2) is 4.98 Å². The first-order chi connectivity index (χ1) is 9.08. The molecule has 100 valence electrons. The summed E-state index contributed by atoms with van der Waals surface area (Å²) in [5.41, 5.74) is 3.45. The number of halogens is 1. The molecule has 2 aromatic rings. The average molecular weight is 339 g/mol. The quantitative estimate of drug-likeness (QED) is 0.783. The maximum atomic E-state index is 12.0. The van der Waals surface area contributed by atoms with E-state index in [1.54, 1.807) is 11.3 Å². The number of hydrogen-bond donors (Lipinski definition) is 0. The Bertz CT molecular complexity index is 652. The van der Waals surface area contributed by atoms with Gasteiger partial charge in [0.1, 0.15) is 0 Å². The fourth-order valence-corrected chi connectivity index (χ4v) is 4.15. The zero-order chi connectivity index (χ0) is 13.6. The summed E-state index contributed by atoms with van der Waals surface area (Å²) in [6.07, 6.45) is 0.624. The van der Waals surface area contributed by atoms with Crippen LogP contribution in [0.1, 0.15) is 17.5 Å². The molecule has 3 rings (SSSR count). The summed E-state index contributed by atoms with van der Waals surface area (Å²) in [4.78, 5) is 18.5. The Hall–Kier alpha value is -0.940. The number of amides is 1. The number of fused-ring (bicyclic) bond motifs is 1. The van der Waals surface area contributed by atoms with E-state index in [1.807, 2.05) is 4.90 Å². The fourth-order valence-electron chi connectivity index (χ4n) is 2.54. The van der Waals surface area contributed by atoms with Crippen molar-refractivity contribution in [1.29, 1.82) is 0 Å². The van der Waals surface area contributed by atoms with Crippen molar-refractivity contribution in [3.05, 3.63) is 23.3 Å². The van der Waals surface area contributed by atoms with Crippen LogP contribution < -0.4 is 4.90 Å². The van der Waals surface area contributed by atoms with Gasteiger partial charge in [-0.3, -0.25) is 9.69 Å². The van der Waals surface area contributed by atoms with Crippen LogP contribution in [-0.2, 0) is 4.79 Å². The molecule has 5 heteroatoms.